The summed E-state index contributed by atoms with van der Waals surface area (Å²) in [7, 11) is 0. The van der Waals surface area contributed by atoms with Gasteiger partial charge < -0.3 is 15.5 Å². The third-order valence-corrected chi connectivity index (χ3v) is 3.46. The molecule has 0 atom stereocenters. The molecule has 116 valence electrons. The van der Waals surface area contributed by atoms with Gasteiger partial charge in [0.05, 0.1) is 23.6 Å². The number of carbonyl (C=O) groups excluding carboxylic acids is 1. The molecule has 0 aliphatic rings. The summed E-state index contributed by atoms with van der Waals surface area (Å²) in [6.07, 6.45) is 1.34. The predicted octanol–water partition coefficient (Wildman–Crippen LogP) is 2.26. The lowest BCUT2D eigenvalue weighted by Crippen LogP contribution is -2.24. The molecule has 0 saturated carbocycles. The van der Waals surface area contributed by atoms with Crippen molar-refractivity contribution in [2.24, 2.45) is 5.10 Å². The summed E-state index contributed by atoms with van der Waals surface area (Å²) in [6.45, 7) is 0. The van der Waals surface area contributed by atoms with E-state index in [1.807, 2.05) is 0 Å². The van der Waals surface area contributed by atoms with Gasteiger partial charge in [-0.2, -0.15) is 13.8 Å². The minimum absolute atomic E-state index is 0.224. The highest BCUT2D eigenvalue weighted by Crippen LogP contribution is 2.24. The van der Waals surface area contributed by atoms with Crippen molar-refractivity contribution in [2.45, 2.75) is 0 Å². The van der Waals surface area contributed by atoms with E-state index < -0.39 is 6.03 Å². The number of aromatic hydroxyl groups is 2. The minimum atomic E-state index is -0.537. The van der Waals surface area contributed by atoms with Crippen molar-refractivity contribution >= 4 is 40.7 Å². The summed E-state index contributed by atoms with van der Waals surface area (Å²) in [6, 6.07) is 8.93. The summed E-state index contributed by atoms with van der Waals surface area (Å²) < 4.78 is 8.20. The van der Waals surface area contributed by atoms with Gasteiger partial charge in [-0.25, -0.2) is 10.2 Å². The Labute approximate surface area is 134 Å². The quantitative estimate of drug-likeness (QED) is 0.334. The van der Waals surface area contributed by atoms with Crippen LogP contribution in [-0.4, -0.2) is 31.2 Å². The number of fused-ring (bicyclic) bond motifs is 1. The van der Waals surface area contributed by atoms with E-state index in [1.54, 1.807) is 24.3 Å². The third kappa shape index (κ3) is 3.35. The van der Waals surface area contributed by atoms with Crippen LogP contribution >= 0.6 is 11.7 Å². The number of hydrogen-bond donors (Lipinski definition) is 4. The molecule has 3 rings (SSSR count). The van der Waals surface area contributed by atoms with Crippen LogP contribution in [0.2, 0.25) is 0 Å². The molecule has 4 N–H and O–H groups in total. The van der Waals surface area contributed by atoms with Crippen LogP contribution < -0.4 is 10.7 Å². The first-order valence-corrected chi connectivity index (χ1v) is 7.20. The molecule has 9 heteroatoms. The third-order valence-electron chi connectivity index (χ3n) is 2.91. The molecule has 0 spiro atoms. The second-order valence-electron chi connectivity index (χ2n) is 4.51. The number of aromatic nitrogens is 2. The number of benzene rings is 2. The van der Waals surface area contributed by atoms with Gasteiger partial charge in [-0.05, 0) is 35.9 Å². The second kappa shape index (κ2) is 6.28. The fourth-order valence-corrected chi connectivity index (χ4v) is 2.39. The molecular formula is C14H11N5O3S. The van der Waals surface area contributed by atoms with Gasteiger partial charge in [0.25, 0.3) is 0 Å². The van der Waals surface area contributed by atoms with E-state index in [4.69, 9.17) is 0 Å². The molecule has 0 bridgehead atoms. The number of anilines is 1. The van der Waals surface area contributed by atoms with E-state index in [0.29, 0.717) is 22.3 Å². The Kier molecular flexibility index (Phi) is 4.02. The molecule has 2 aromatic carbocycles. The summed E-state index contributed by atoms with van der Waals surface area (Å²) in [5.41, 5.74) is 4.67. The van der Waals surface area contributed by atoms with Gasteiger partial charge in [0.1, 0.15) is 11.0 Å². The molecule has 3 aromatic rings. The van der Waals surface area contributed by atoms with Crippen molar-refractivity contribution in [3.8, 4) is 11.5 Å². The van der Waals surface area contributed by atoms with Gasteiger partial charge in [0, 0.05) is 0 Å². The number of amides is 2. The number of phenols is 2. The molecule has 0 radical (unpaired) electrons. The van der Waals surface area contributed by atoms with E-state index in [9.17, 15) is 15.0 Å². The molecule has 1 heterocycles. The van der Waals surface area contributed by atoms with Gasteiger partial charge in [0.15, 0.2) is 11.5 Å². The smallest absolute Gasteiger partial charge is 0.339 e. The molecule has 0 unspecified atom stereocenters. The molecule has 0 fully saturated rings. The van der Waals surface area contributed by atoms with Crippen molar-refractivity contribution in [1.29, 1.82) is 0 Å². The lowest BCUT2D eigenvalue weighted by atomic mass is 10.2. The molecule has 1 aromatic heterocycles. The molecule has 23 heavy (non-hydrogen) atoms. The Morgan fingerprint density at radius 2 is 2.04 bits per heavy atom. The van der Waals surface area contributed by atoms with E-state index in [2.05, 4.69) is 24.6 Å². The van der Waals surface area contributed by atoms with Crippen LogP contribution in [0.25, 0.3) is 11.0 Å². The van der Waals surface area contributed by atoms with Crippen LogP contribution in [0.1, 0.15) is 5.56 Å². The lowest BCUT2D eigenvalue weighted by molar-refractivity contribution is 0.252. The van der Waals surface area contributed by atoms with Crippen LogP contribution in [0.5, 0.6) is 11.5 Å². The van der Waals surface area contributed by atoms with Gasteiger partial charge in [-0.15, -0.1) is 0 Å². The number of nitrogens with zero attached hydrogens (tertiary/aromatic N) is 3. The van der Waals surface area contributed by atoms with Gasteiger partial charge in [-0.3, -0.25) is 0 Å². The number of nitrogens with one attached hydrogen (secondary N) is 2. The molecular weight excluding hydrogens is 318 g/mol. The molecule has 8 nitrogen and oxygen atoms in total. The van der Waals surface area contributed by atoms with Crippen LogP contribution in [0.15, 0.2) is 41.5 Å². The van der Waals surface area contributed by atoms with Gasteiger partial charge in [-0.1, -0.05) is 6.07 Å². The van der Waals surface area contributed by atoms with Gasteiger partial charge in [0.2, 0.25) is 0 Å². The topological polar surface area (TPSA) is 120 Å². The standard InChI is InChI=1S/C14H11N5O3S/c20-11-5-4-8(6-12(11)21)7-15-17-14(22)16-9-2-1-3-10-13(9)19-23-18-10/h1-7,20-21H,(H2,16,17,22)/b15-7+. The summed E-state index contributed by atoms with van der Waals surface area (Å²) in [4.78, 5) is 11.8. The Morgan fingerprint density at radius 1 is 1.17 bits per heavy atom. The SMILES string of the molecule is O=C(N/N=C/c1ccc(O)c(O)c1)Nc1cccc2nsnc12. The highest BCUT2D eigenvalue weighted by molar-refractivity contribution is 7.00. The van der Waals surface area contributed by atoms with E-state index in [-0.39, 0.29) is 11.5 Å². The van der Waals surface area contributed by atoms with Crippen LogP contribution in [0.3, 0.4) is 0 Å². The lowest BCUT2D eigenvalue weighted by Gasteiger charge is -2.04. The Morgan fingerprint density at radius 3 is 2.87 bits per heavy atom. The van der Waals surface area contributed by atoms with E-state index >= 15 is 0 Å². The first-order valence-electron chi connectivity index (χ1n) is 6.47. The molecule has 0 aliphatic heterocycles. The maximum Gasteiger partial charge on any atom is 0.339 e. The zero-order chi connectivity index (χ0) is 16.2. The van der Waals surface area contributed by atoms with Crippen LogP contribution in [0.4, 0.5) is 10.5 Å². The van der Waals surface area contributed by atoms with E-state index in [1.165, 1.54) is 18.3 Å². The van der Waals surface area contributed by atoms with Crippen molar-refractivity contribution in [3.05, 3.63) is 42.0 Å². The monoisotopic (exact) mass is 329 g/mol. The number of hydrogen-bond acceptors (Lipinski definition) is 7. The summed E-state index contributed by atoms with van der Waals surface area (Å²) >= 11 is 1.07. The second-order valence-corrected chi connectivity index (χ2v) is 5.04. The van der Waals surface area contributed by atoms with E-state index in [0.717, 1.165) is 11.7 Å². The molecule has 0 saturated heterocycles. The maximum atomic E-state index is 11.8. The number of rotatable bonds is 3. The van der Waals surface area contributed by atoms with Crippen molar-refractivity contribution in [3.63, 3.8) is 0 Å². The molecule has 2 amide bonds. The summed E-state index contributed by atoms with van der Waals surface area (Å²) in [5.74, 6) is -0.487. The number of carbonyl (C=O) groups is 1. The Hall–Kier alpha value is -3.20. The fourth-order valence-electron chi connectivity index (χ4n) is 1.84. The Bertz CT molecular complexity index is 893. The minimum Gasteiger partial charge on any atom is -0.504 e. The van der Waals surface area contributed by atoms with Crippen molar-refractivity contribution in [2.75, 3.05) is 5.32 Å². The number of urea groups is 1. The van der Waals surface area contributed by atoms with Gasteiger partial charge >= 0.3 is 6.03 Å². The Balaban J connectivity index is 1.64. The number of hydrazone groups is 1. The average Bonchev–Trinajstić information content (AvgIpc) is 3.00. The van der Waals surface area contributed by atoms with Crippen molar-refractivity contribution in [1.82, 2.24) is 14.2 Å². The maximum absolute atomic E-state index is 11.8. The largest absolute Gasteiger partial charge is 0.504 e. The first kappa shape index (κ1) is 14.7. The highest BCUT2D eigenvalue weighted by atomic mass is 32.1. The van der Waals surface area contributed by atoms with Crippen LogP contribution in [0, 0.1) is 0 Å². The van der Waals surface area contributed by atoms with Crippen molar-refractivity contribution < 1.29 is 15.0 Å². The normalized spacial score (nSPS) is 11.0. The average molecular weight is 329 g/mol. The molecule has 0 aliphatic carbocycles. The highest BCUT2D eigenvalue weighted by Gasteiger charge is 2.07. The summed E-state index contributed by atoms with van der Waals surface area (Å²) in [5, 5.41) is 25.0. The number of phenolic OH excluding ortho intramolecular Hbond substituents is 2. The zero-order valence-corrected chi connectivity index (χ0v) is 12.4. The zero-order valence-electron chi connectivity index (χ0n) is 11.6. The van der Waals surface area contributed by atoms with Crippen LogP contribution in [-0.2, 0) is 0 Å². The fraction of sp³-hybridized carbons (Fsp3) is 0. The first-order chi connectivity index (χ1) is 11.1. The predicted molar refractivity (Wildman–Crippen MR) is 86.9 cm³/mol.